The summed E-state index contributed by atoms with van der Waals surface area (Å²) in [7, 11) is 3.43. The van der Waals surface area contributed by atoms with E-state index in [2.05, 4.69) is 36.8 Å². The number of ether oxygens (including phenoxy) is 2. The summed E-state index contributed by atoms with van der Waals surface area (Å²) < 4.78 is 26.9. The summed E-state index contributed by atoms with van der Waals surface area (Å²) in [4.78, 5) is 0. The maximum Gasteiger partial charge on any atom is 0.209 e. The first kappa shape index (κ1) is 24.4. The van der Waals surface area contributed by atoms with Crippen LogP contribution in [0, 0.1) is 5.82 Å². The van der Waals surface area contributed by atoms with Crippen molar-refractivity contribution in [3.8, 4) is 11.5 Å². The molecule has 1 aromatic heterocycles. The number of nitrogens with one attached hydrogen (secondary N) is 1. The average molecular weight is 519 g/mol. The fraction of sp³-hybridized carbons (Fsp3) is 0.316. The van der Waals surface area contributed by atoms with Gasteiger partial charge >= 0.3 is 0 Å². The van der Waals surface area contributed by atoms with Crippen molar-refractivity contribution in [1.29, 1.82) is 0 Å². The summed E-state index contributed by atoms with van der Waals surface area (Å²) >= 11 is 5.15. The predicted molar refractivity (Wildman–Crippen MR) is 120 cm³/mol. The van der Waals surface area contributed by atoms with Crippen LogP contribution in [-0.4, -0.2) is 39.6 Å². The molecule has 11 heteroatoms. The van der Waals surface area contributed by atoms with E-state index in [0.29, 0.717) is 24.7 Å². The fourth-order valence-corrected chi connectivity index (χ4v) is 3.89. The average Bonchev–Trinajstić information content (AvgIpc) is 3.12. The minimum Gasteiger partial charge on any atom is -0.493 e. The second-order valence-electron chi connectivity index (χ2n) is 6.13. The number of rotatable bonds is 10. The summed E-state index contributed by atoms with van der Waals surface area (Å²) in [5.41, 5.74) is 1.94. The van der Waals surface area contributed by atoms with Gasteiger partial charge in [-0.05, 0) is 61.7 Å². The summed E-state index contributed by atoms with van der Waals surface area (Å²) in [6, 6.07) is 10.2. The molecule has 0 radical (unpaired) electrons. The molecule has 162 valence electrons. The fourth-order valence-electron chi connectivity index (χ4n) is 2.54. The first-order chi connectivity index (χ1) is 14.1. The Balaban J connectivity index is 0.00000320. The Kier molecular flexibility index (Phi) is 9.83. The topological polar surface area (TPSA) is 74.1 Å². The highest BCUT2D eigenvalue weighted by molar-refractivity contribution is 9.10. The molecule has 0 atom stereocenters. The highest BCUT2D eigenvalue weighted by atomic mass is 79.9. The maximum atomic E-state index is 13.0. The smallest absolute Gasteiger partial charge is 0.209 e. The monoisotopic (exact) mass is 517 g/mol. The molecule has 1 heterocycles. The first-order valence-corrected chi connectivity index (χ1v) is 10.6. The molecule has 0 unspecified atom stereocenters. The highest BCUT2D eigenvalue weighted by Gasteiger charge is 2.12. The Morgan fingerprint density at radius 1 is 1.20 bits per heavy atom. The number of nitrogens with zero attached hydrogens (tertiary/aromatic N) is 4. The lowest BCUT2D eigenvalue weighted by molar-refractivity contribution is 0.282. The van der Waals surface area contributed by atoms with Crippen molar-refractivity contribution in [3.63, 3.8) is 0 Å². The van der Waals surface area contributed by atoms with E-state index in [0.717, 1.165) is 33.1 Å². The lowest BCUT2D eigenvalue weighted by atomic mass is 10.2. The number of tetrazole rings is 1. The minimum atomic E-state index is -0.268. The molecule has 0 aliphatic heterocycles. The quantitative estimate of drug-likeness (QED) is 0.321. The van der Waals surface area contributed by atoms with Crippen molar-refractivity contribution >= 4 is 40.1 Å². The Morgan fingerprint density at radius 3 is 2.63 bits per heavy atom. The van der Waals surface area contributed by atoms with Gasteiger partial charge in [-0.2, -0.15) is 0 Å². The van der Waals surface area contributed by atoms with Crippen LogP contribution in [0.2, 0.25) is 0 Å². The van der Waals surface area contributed by atoms with Gasteiger partial charge in [-0.15, -0.1) is 17.5 Å². The van der Waals surface area contributed by atoms with Crippen LogP contribution in [0.1, 0.15) is 11.1 Å². The van der Waals surface area contributed by atoms with E-state index in [4.69, 9.17) is 9.47 Å². The predicted octanol–water partition coefficient (Wildman–Crippen LogP) is 4.00. The molecule has 0 amide bonds. The largest absolute Gasteiger partial charge is 0.493 e. The molecular weight excluding hydrogens is 497 g/mol. The van der Waals surface area contributed by atoms with Crippen LogP contribution < -0.4 is 14.8 Å². The molecule has 0 aliphatic rings. The van der Waals surface area contributed by atoms with E-state index < -0.39 is 0 Å². The van der Waals surface area contributed by atoms with Crippen molar-refractivity contribution in [3.05, 3.63) is 57.8 Å². The van der Waals surface area contributed by atoms with Crippen LogP contribution in [0.15, 0.2) is 46.0 Å². The normalized spacial score (nSPS) is 10.5. The number of halogens is 3. The van der Waals surface area contributed by atoms with E-state index in [-0.39, 0.29) is 18.2 Å². The van der Waals surface area contributed by atoms with E-state index in [1.54, 1.807) is 35.7 Å². The summed E-state index contributed by atoms with van der Waals surface area (Å²) in [6.07, 6.45) is 0. The van der Waals surface area contributed by atoms with Gasteiger partial charge in [0.25, 0.3) is 0 Å². The number of hydrogen-bond donors (Lipinski definition) is 1. The molecule has 1 N–H and O–H groups in total. The molecule has 0 aliphatic carbocycles. The lowest BCUT2D eigenvalue weighted by Gasteiger charge is -2.15. The molecule has 3 aromatic rings. The number of aryl methyl sites for hydroxylation is 1. The molecular formula is C19H22BrClFN5O2S. The Morgan fingerprint density at radius 2 is 1.97 bits per heavy atom. The highest BCUT2D eigenvalue weighted by Crippen LogP contribution is 2.37. The third-order valence-electron chi connectivity index (χ3n) is 4.01. The molecule has 0 saturated heterocycles. The van der Waals surface area contributed by atoms with E-state index in [1.165, 1.54) is 12.1 Å². The zero-order chi connectivity index (χ0) is 20.6. The number of methoxy groups -OCH3 is 1. The van der Waals surface area contributed by atoms with Crippen LogP contribution in [0.25, 0.3) is 0 Å². The van der Waals surface area contributed by atoms with Crippen LogP contribution >= 0.6 is 40.1 Å². The van der Waals surface area contributed by atoms with Gasteiger partial charge in [0.1, 0.15) is 12.4 Å². The van der Waals surface area contributed by atoms with Gasteiger partial charge in [-0.25, -0.2) is 9.07 Å². The van der Waals surface area contributed by atoms with Gasteiger partial charge in [0.15, 0.2) is 11.5 Å². The van der Waals surface area contributed by atoms with Crippen molar-refractivity contribution in [2.45, 2.75) is 18.3 Å². The van der Waals surface area contributed by atoms with E-state index >= 15 is 0 Å². The standard InChI is InChI=1S/C19H21BrFN5O2S.ClH/c1-26-19(23-24-25-26)29-8-7-22-11-14-9-16(20)18(17(10-14)27-2)28-12-13-3-5-15(21)6-4-13;/h3-6,9-10,22H,7-8,11-12H2,1-2H3;1H. The van der Waals surface area contributed by atoms with Gasteiger partial charge in [0, 0.05) is 25.9 Å². The van der Waals surface area contributed by atoms with Gasteiger partial charge < -0.3 is 14.8 Å². The van der Waals surface area contributed by atoms with Gasteiger partial charge in [0.2, 0.25) is 5.16 Å². The maximum absolute atomic E-state index is 13.0. The molecule has 0 spiro atoms. The Bertz CT molecular complexity index is 945. The molecule has 0 bridgehead atoms. The zero-order valence-electron chi connectivity index (χ0n) is 16.5. The molecule has 0 fully saturated rings. The minimum absolute atomic E-state index is 0. The van der Waals surface area contributed by atoms with Gasteiger partial charge in [-0.3, -0.25) is 0 Å². The van der Waals surface area contributed by atoms with Crippen LogP contribution in [0.3, 0.4) is 0 Å². The van der Waals surface area contributed by atoms with E-state index in [1.807, 2.05) is 19.2 Å². The second-order valence-corrected chi connectivity index (χ2v) is 8.05. The van der Waals surface area contributed by atoms with Crippen molar-refractivity contribution < 1.29 is 13.9 Å². The molecule has 30 heavy (non-hydrogen) atoms. The summed E-state index contributed by atoms with van der Waals surface area (Å²) in [6.45, 7) is 1.81. The number of benzene rings is 2. The third-order valence-corrected chi connectivity index (χ3v) is 5.61. The van der Waals surface area contributed by atoms with Crippen LogP contribution in [-0.2, 0) is 20.2 Å². The number of hydrogen-bond acceptors (Lipinski definition) is 7. The van der Waals surface area contributed by atoms with Crippen molar-refractivity contribution in [2.75, 3.05) is 19.4 Å². The molecule has 3 rings (SSSR count). The first-order valence-electron chi connectivity index (χ1n) is 8.86. The third kappa shape index (κ3) is 6.83. The van der Waals surface area contributed by atoms with Crippen molar-refractivity contribution in [2.24, 2.45) is 7.05 Å². The van der Waals surface area contributed by atoms with E-state index in [9.17, 15) is 4.39 Å². The number of aromatic nitrogens is 4. The SMILES string of the molecule is COc1cc(CNCCSc2nnnn2C)cc(Br)c1OCc1ccc(F)cc1.Cl. The number of thioether (sulfide) groups is 1. The molecule has 0 saturated carbocycles. The molecule has 7 nitrogen and oxygen atoms in total. The summed E-state index contributed by atoms with van der Waals surface area (Å²) in [5.74, 6) is 1.84. The van der Waals surface area contributed by atoms with Crippen molar-refractivity contribution in [1.82, 2.24) is 25.5 Å². The summed E-state index contributed by atoms with van der Waals surface area (Å²) in [5, 5.41) is 15.5. The lowest BCUT2D eigenvalue weighted by Crippen LogP contribution is -2.17. The molecule has 2 aromatic carbocycles. The van der Waals surface area contributed by atoms with Crippen LogP contribution in [0.4, 0.5) is 4.39 Å². The van der Waals surface area contributed by atoms with Gasteiger partial charge in [0.05, 0.1) is 11.6 Å². The Labute approximate surface area is 193 Å². The second kappa shape index (κ2) is 12.1. The Hall–Kier alpha value is -1.88. The van der Waals surface area contributed by atoms with Crippen LogP contribution in [0.5, 0.6) is 11.5 Å². The zero-order valence-corrected chi connectivity index (χ0v) is 19.7. The van der Waals surface area contributed by atoms with Gasteiger partial charge in [-0.1, -0.05) is 23.9 Å².